The fourth-order valence-corrected chi connectivity index (χ4v) is 3.45. The molecular formula is C20H25NO4S. The summed E-state index contributed by atoms with van der Waals surface area (Å²) in [4.78, 5) is 25.5. The number of ether oxygens (including phenoxy) is 2. The molecule has 6 heteroatoms. The number of thiophene rings is 1. The molecule has 0 aliphatic carbocycles. The van der Waals surface area contributed by atoms with Crippen molar-refractivity contribution in [2.24, 2.45) is 5.92 Å². The Morgan fingerprint density at radius 3 is 2.46 bits per heavy atom. The number of carbonyl (C=O) groups is 2. The lowest BCUT2D eigenvalue weighted by atomic mass is 10.2. The topological polar surface area (TPSA) is 64.6 Å². The van der Waals surface area contributed by atoms with E-state index in [9.17, 15) is 9.59 Å². The summed E-state index contributed by atoms with van der Waals surface area (Å²) in [5.74, 6) is 0.449. The van der Waals surface area contributed by atoms with Crippen LogP contribution in [0.5, 0.6) is 5.75 Å². The Morgan fingerprint density at radius 2 is 1.88 bits per heavy atom. The summed E-state index contributed by atoms with van der Waals surface area (Å²) in [6, 6.07) is 8.76. The van der Waals surface area contributed by atoms with E-state index in [1.54, 1.807) is 30.3 Å². The molecule has 0 spiro atoms. The van der Waals surface area contributed by atoms with Crippen molar-refractivity contribution in [1.29, 1.82) is 0 Å². The van der Waals surface area contributed by atoms with Crippen LogP contribution in [0.15, 0.2) is 30.3 Å². The van der Waals surface area contributed by atoms with Gasteiger partial charge in [0.1, 0.15) is 10.8 Å². The molecule has 5 nitrogen and oxygen atoms in total. The van der Waals surface area contributed by atoms with Crippen LogP contribution in [0.4, 0.5) is 5.00 Å². The molecule has 140 valence electrons. The average molecular weight is 375 g/mol. The quantitative estimate of drug-likeness (QED) is 0.675. The molecule has 0 unspecified atom stereocenters. The van der Waals surface area contributed by atoms with E-state index in [-0.39, 0.29) is 5.91 Å². The molecule has 0 aliphatic rings. The van der Waals surface area contributed by atoms with E-state index in [4.69, 9.17) is 9.47 Å². The number of esters is 1. The largest absolute Gasteiger partial charge is 0.493 e. The number of aryl methyl sites for hydroxylation is 1. The minimum atomic E-state index is -0.448. The molecule has 1 aromatic heterocycles. The van der Waals surface area contributed by atoms with Crippen LogP contribution in [0.3, 0.4) is 0 Å². The first-order valence-electron chi connectivity index (χ1n) is 8.69. The molecule has 2 aromatic rings. The van der Waals surface area contributed by atoms with Crippen LogP contribution >= 0.6 is 11.3 Å². The summed E-state index contributed by atoms with van der Waals surface area (Å²) in [5, 5.41) is 3.35. The molecule has 1 N–H and O–H groups in total. The lowest BCUT2D eigenvalue weighted by Crippen LogP contribution is -2.13. The van der Waals surface area contributed by atoms with Gasteiger partial charge in [-0.1, -0.05) is 27.2 Å². The standard InChI is InChI=1S/C20H25NO4S/c1-5-6-16-11-17(20(23)24-4)19(26-16)21-18(22)14-7-9-15(10-8-14)25-12-13(2)3/h7-11,13H,5-6,12H2,1-4H3,(H,21,22). The van der Waals surface area contributed by atoms with Crippen LogP contribution in [0.2, 0.25) is 0 Å². The van der Waals surface area contributed by atoms with E-state index in [1.807, 2.05) is 0 Å². The molecule has 0 radical (unpaired) electrons. The van der Waals surface area contributed by atoms with Gasteiger partial charge in [-0.25, -0.2) is 4.79 Å². The SMILES string of the molecule is CCCc1cc(C(=O)OC)c(NC(=O)c2ccc(OCC(C)C)cc2)s1. The van der Waals surface area contributed by atoms with Crippen molar-refractivity contribution < 1.29 is 19.1 Å². The van der Waals surface area contributed by atoms with Crippen LogP contribution in [-0.4, -0.2) is 25.6 Å². The third-order valence-electron chi connectivity index (χ3n) is 3.61. The average Bonchev–Trinajstić information content (AvgIpc) is 3.02. The number of anilines is 1. The summed E-state index contributed by atoms with van der Waals surface area (Å²) in [5.41, 5.74) is 0.898. The molecule has 0 bridgehead atoms. The van der Waals surface area contributed by atoms with Gasteiger partial charge in [-0.05, 0) is 42.7 Å². The fourth-order valence-electron chi connectivity index (χ4n) is 2.31. The van der Waals surface area contributed by atoms with Gasteiger partial charge in [0.2, 0.25) is 0 Å². The zero-order chi connectivity index (χ0) is 19.1. The molecule has 0 saturated carbocycles. The number of nitrogens with one attached hydrogen (secondary N) is 1. The molecule has 1 heterocycles. The highest BCUT2D eigenvalue weighted by molar-refractivity contribution is 7.16. The van der Waals surface area contributed by atoms with Crippen LogP contribution in [-0.2, 0) is 11.2 Å². The zero-order valence-corrected chi connectivity index (χ0v) is 16.4. The summed E-state index contributed by atoms with van der Waals surface area (Å²) < 4.78 is 10.4. The molecule has 1 amide bonds. The van der Waals surface area contributed by atoms with E-state index < -0.39 is 5.97 Å². The molecule has 26 heavy (non-hydrogen) atoms. The minimum Gasteiger partial charge on any atom is -0.493 e. The van der Waals surface area contributed by atoms with Crippen molar-refractivity contribution >= 4 is 28.2 Å². The highest BCUT2D eigenvalue weighted by Crippen LogP contribution is 2.30. The molecule has 0 saturated heterocycles. The van der Waals surface area contributed by atoms with Gasteiger partial charge in [-0.2, -0.15) is 0 Å². The van der Waals surface area contributed by atoms with E-state index in [2.05, 4.69) is 26.1 Å². The third kappa shape index (κ3) is 5.33. The van der Waals surface area contributed by atoms with Crippen LogP contribution in [0.1, 0.15) is 52.8 Å². The molecule has 0 aliphatic heterocycles. The van der Waals surface area contributed by atoms with Crippen LogP contribution < -0.4 is 10.1 Å². The number of benzene rings is 1. The Hall–Kier alpha value is -2.34. The van der Waals surface area contributed by atoms with E-state index in [0.29, 0.717) is 28.7 Å². The number of carbonyl (C=O) groups excluding carboxylic acids is 2. The highest BCUT2D eigenvalue weighted by atomic mass is 32.1. The van der Waals surface area contributed by atoms with E-state index in [0.717, 1.165) is 23.5 Å². The van der Waals surface area contributed by atoms with Crippen molar-refractivity contribution in [3.8, 4) is 5.75 Å². The first kappa shape index (κ1) is 20.0. The van der Waals surface area contributed by atoms with Gasteiger partial charge in [0.15, 0.2) is 0 Å². The number of hydrogen-bond donors (Lipinski definition) is 1. The normalized spacial score (nSPS) is 10.7. The second-order valence-electron chi connectivity index (χ2n) is 6.38. The van der Waals surface area contributed by atoms with Gasteiger partial charge in [-0.15, -0.1) is 11.3 Å². The molecule has 0 fully saturated rings. The Balaban J connectivity index is 2.12. The van der Waals surface area contributed by atoms with Gasteiger partial charge in [0.05, 0.1) is 19.3 Å². The summed E-state index contributed by atoms with van der Waals surface area (Å²) in [6.45, 7) is 6.85. The van der Waals surface area contributed by atoms with E-state index in [1.165, 1.54) is 18.4 Å². The second-order valence-corrected chi connectivity index (χ2v) is 7.52. The van der Waals surface area contributed by atoms with Crippen molar-refractivity contribution in [3.63, 3.8) is 0 Å². The zero-order valence-electron chi connectivity index (χ0n) is 15.6. The lowest BCUT2D eigenvalue weighted by Gasteiger charge is -2.09. The first-order valence-corrected chi connectivity index (χ1v) is 9.51. The summed E-state index contributed by atoms with van der Waals surface area (Å²) in [7, 11) is 1.33. The fraction of sp³-hybridized carbons (Fsp3) is 0.400. The Morgan fingerprint density at radius 1 is 1.19 bits per heavy atom. The predicted molar refractivity (Wildman–Crippen MR) is 104 cm³/mol. The van der Waals surface area contributed by atoms with Crippen molar-refractivity contribution in [3.05, 3.63) is 46.3 Å². The first-order chi connectivity index (χ1) is 12.4. The Labute approximate surface area is 158 Å². The lowest BCUT2D eigenvalue weighted by molar-refractivity contribution is 0.0602. The predicted octanol–water partition coefficient (Wildman–Crippen LogP) is 4.77. The minimum absolute atomic E-state index is 0.268. The van der Waals surface area contributed by atoms with Crippen molar-refractivity contribution in [2.75, 3.05) is 19.0 Å². The van der Waals surface area contributed by atoms with Crippen molar-refractivity contribution in [1.82, 2.24) is 0 Å². The second kappa shape index (κ2) is 9.38. The smallest absolute Gasteiger partial charge is 0.340 e. The van der Waals surface area contributed by atoms with Gasteiger partial charge in [-0.3, -0.25) is 4.79 Å². The summed E-state index contributed by atoms with van der Waals surface area (Å²) >= 11 is 1.41. The summed E-state index contributed by atoms with van der Waals surface area (Å²) in [6.07, 6.45) is 1.82. The molecule has 0 atom stereocenters. The molecule has 1 aromatic carbocycles. The van der Waals surface area contributed by atoms with Crippen LogP contribution in [0, 0.1) is 5.92 Å². The number of methoxy groups -OCH3 is 1. The maximum Gasteiger partial charge on any atom is 0.340 e. The number of hydrogen-bond acceptors (Lipinski definition) is 5. The maximum absolute atomic E-state index is 12.5. The van der Waals surface area contributed by atoms with Gasteiger partial charge in [0.25, 0.3) is 5.91 Å². The molecule has 2 rings (SSSR count). The molecular weight excluding hydrogens is 350 g/mol. The van der Waals surface area contributed by atoms with Crippen molar-refractivity contribution in [2.45, 2.75) is 33.6 Å². The third-order valence-corrected chi connectivity index (χ3v) is 4.72. The monoisotopic (exact) mass is 375 g/mol. The van der Waals surface area contributed by atoms with E-state index >= 15 is 0 Å². The van der Waals surface area contributed by atoms with Crippen LogP contribution in [0.25, 0.3) is 0 Å². The highest BCUT2D eigenvalue weighted by Gasteiger charge is 2.19. The Bertz CT molecular complexity index is 750. The Kier molecular flexibility index (Phi) is 7.21. The van der Waals surface area contributed by atoms with Gasteiger partial charge < -0.3 is 14.8 Å². The number of amides is 1. The number of rotatable bonds is 8. The van der Waals surface area contributed by atoms with Gasteiger partial charge in [0, 0.05) is 10.4 Å². The maximum atomic E-state index is 12.5. The van der Waals surface area contributed by atoms with Gasteiger partial charge >= 0.3 is 5.97 Å².